The molecule has 0 aliphatic rings. The molecule has 0 saturated carbocycles. The molecule has 1 amide bonds. The Morgan fingerprint density at radius 1 is 1.03 bits per heavy atom. The lowest BCUT2D eigenvalue weighted by Crippen LogP contribution is -2.39. The topological polar surface area (TPSA) is 36.4 Å². The zero-order chi connectivity index (χ0) is 22.4. The number of thiazole rings is 1. The minimum Gasteiger partial charge on any atom is -0.302 e. The maximum absolute atomic E-state index is 13.3. The Morgan fingerprint density at radius 2 is 1.71 bits per heavy atom. The molecule has 1 heterocycles. The molecule has 0 spiro atoms. The predicted octanol–water partition coefficient (Wildman–Crippen LogP) is 6.42. The lowest BCUT2D eigenvalue weighted by Gasteiger charge is -2.24. The number of hydrogen-bond donors (Lipinski definition) is 0. The van der Waals surface area contributed by atoms with Gasteiger partial charge in [0.2, 0.25) is 5.91 Å². The highest BCUT2D eigenvalue weighted by Crippen LogP contribution is 2.33. The molecule has 0 saturated heterocycles. The fourth-order valence-electron chi connectivity index (χ4n) is 3.39. The Labute approximate surface area is 198 Å². The van der Waals surface area contributed by atoms with E-state index in [1.54, 1.807) is 23.1 Å². The molecular weight excluding hydrogens is 446 g/mol. The molecule has 4 nitrogen and oxygen atoms in total. The van der Waals surface area contributed by atoms with E-state index in [-0.39, 0.29) is 5.91 Å². The number of rotatable bonds is 10. The van der Waals surface area contributed by atoms with Crippen LogP contribution in [0, 0.1) is 13.8 Å². The average molecular weight is 476 g/mol. The van der Waals surface area contributed by atoms with E-state index < -0.39 is 0 Å². The number of nitrogens with zero attached hydrogens (tertiary/aromatic N) is 3. The first-order chi connectivity index (χ1) is 14.9. The van der Waals surface area contributed by atoms with Crippen molar-refractivity contribution in [3.05, 3.63) is 52.5 Å². The Balaban J connectivity index is 1.77. The van der Waals surface area contributed by atoms with Crippen LogP contribution in [-0.2, 0) is 4.79 Å². The van der Waals surface area contributed by atoms with E-state index in [1.807, 2.05) is 29.2 Å². The highest BCUT2D eigenvalue weighted by molar-refractivity contribution is 7.99. The summed E-state index contributed by atoms with van der Waals surface area (Å²) in [7, 11) is 0. The lowest BCUT2D eigenvalue weighted by molar-refractivity contribution is -0.118. The lowest BCUT2D eigenvalue weighted by atomic mass is 10.1. The highest BCUT2D eigenvalue weighted by atomic mass is 35.5. The molecule has 0 aliphatic carbocycles. The van der Waals surface area contributed by atoms with E-state index in [1.165, 1.54) is 10.3 Å². The van der Waals surface area contributed by atoms with Crippen LogP contribution in [0.2, 0.25) is 5.02 Å². The number of fused-ring (bicyclic) bond motifs is 1. The van der Waals surface area contributed by atoms with Gasteiger partial charge in [-0.15, -0.1) is 11.8 Å². The summed E-state index contributed by atoms with van der Waals surface area (Å²) < 4.78 is 1.17. The second-order valence-corrected chi connectivity index (χ2v) is 10.1. The zero-order valence-electron chi connectivity index (χ0n) is 18.7. The van der Waals surface area contributed by atoms with Gasteiger partial charge < -0.3 is 4.90 Å². The van der Waals surface area contributed by atoms with E-state index in [2.05, 4.69) is 44.7 Å². The number of aromatic nitrogens is 1. The van der Waals surface area contributed by atoms with Crippen LogP contribution in [0.15, 0.2) is 41.3 Å². The Kier molecular flexibility index (Phi) is 8.78. The van der Waals surface area contributed by atoms with Gasteiger partial charge in [0.05, 0.1) is 10.2 Å². The number of amides is 1. The molecule has 0 radical (unpaired) electrons. The molecule has 0 N–H and O–H groups in total. The third-order valence-corrected chi connectivity index (χ3v) is 7.87. The number of aryl methyl sites for hydroxylation is 2. The summed E-state index contributed by atoms with van der Waals surface area (Å²) >= 11 is 9.27. The molecule has 0 bridgehead atoms. The van der Waals surface area contributed by atoms with Crippen molar-refractivity contribution in [1.29, 1.82) is 0 Å². The molecule has 166 valence electrons. The first-order valence-electron chi connectivity index (χ1n) is 10.7. The Hall–Kier alpha value is -1.60. The van der Waals surface area contributed by atoms with Gasteiger partial charge in [0.25, 0.3) is 0 Å². The summed E-state index contributed by atoms with van der Waals surface area (Å²) in [5.41, 5.74) is 3.37. The van der Waals surface area contributed by atoms with Crippen LogP contribution in [0.4, 0.5) is 5.13 Å². The van der Waals surface area contributed by atoms with E-state index in [4.69, 9.17) is 16.6 Å². The maximum Gasteiger partial charge on any atom is 0.229 e. The summed E-state index contributed by atoms with van der Waals surface area (Å²) in [4.78, 5) is 23.5. The van der Waals surface area contributed by atoms with Crippen molar-refractivity contribution in [3.63, 3.8) is 0 Å². The minimum atomic E-state index is 0.128. The molecule has 7 heteroatoms. The monoisotopic (exact) mass is 475 g/mol. The van der Waals surface area contributed by atoms with Gasteiger partial charge in [0.15, 0.2) is 5.13 Å². The fourth-order valence-corrected chi connectivity index (χ4v) is 5.52. The van der Waals surface area contributed by atoms with Crippen molar-refractivity contribution < 1.29 is 4.79 Å². The fraction of sp³-hybridized carbons (Fsp3) is 0.417. The Bertz CT molecular complexity index is 977. The summed E-state index contributed by atoms with van der Waals surface area (Å²) in [6.45, 7) is 11.9. The van der Waals surface area contributed by atoms with Crippen LogP contribution < -0.4 is 4.90 Å². The molecular formula is C24H30ClN3OS2. The summed E-state index contributed by atoms with van der Waals surface area (Å²) in [5.74, 6) is 0.855. The standard InChI is InChI=1S/C24H30ClN3OS2/c1-5-27(6-2)14-15-28(21(29)13-16-30-20-11-9-19(25)10-12-20)24-26-22-17(3)7-8-18(4)23(22)31-24/h7-12H,5-6,13-16H2,1-4H3. The van der Waals surface area contributed by atoms with Crippen LogP contribution in [0.3, 0.4) is 0 Å². The number of thioether (sulfide) groups is 1. The molecule has 0 fully saturated rings. The van der Waals surface area contributed by atoms with Crippen LogP contribution in [0.5, 0.6) is 0 Å². The first kappa shape index (κ1) is 24.1. The van der Waals surface area contributed by atoms with Crippen molar-refractivity contribution in [2.45, 2.75) is 39.0 Å². The van der Waals surface area contributed by atoms with Crippen LogP contribution in [-0.4, -0.2) is 47.7 Å². The summed E-state index contributed by atoms with van der Waals surface area (Å²) in [6, 6.07) is 12.0. The van der Waals surface area contributed by atoms with Gasteiger partial charge in [-0.05, 0) is 62.3 Å². The normalized spacial score (nSPS) is 11.4. The van der Waals surface area contributed by atoms with Crippen LogP contribution in [0.1, 0.15) is 31.4 Å². The van der Waals surface area contributed by atoms with Crippen molar-refractivity contribution in [2.75, 3.05) is 36.8 Å². The van der Waals surface area contributed by atoms with Gasteiger partial charge in [-0.2, -0.15) is 0 Å². The number of benzene rings is 2. The largest absolute Gasteiger partial charge is 0.302 e. The van der Waals surface area contributed by atoms with Gasteiger partial charge in [0.1, 0.15) is 0 Å². The molecule has 0 atom stereocenters. The van der Waals surface area contributed by atoms with E-state index >= 15 is 0 Å². The molecule has 3 rings (SSSR count). The molecule has 31 heavy (non-hydrogen) atoms. The highest BCUT2D eigenvalue weighted by Gasteiger charge is 2.21. The number of anilines is 1. The van der Waals surface area contributed by atoms with Gasteiger partial charge >= 0.3 is 0 Å². The first-order valence-corrected chi connectivity index (χ1v) is 12.9. The quantitative estimate of drug-likeness (QED) is 0.317. The second-order valence-electron chi connectivity index (χ2n) is 7.50. The molecule has 2 aromatic carbocycles. The number of likely N-dealkylation sites (N-methyl/N-ethyl adjacent to an activating group) is 1. The summed E-state index contributed by atoms with van der Waals surface area (Å²) in [6.07, 6.45) is 0.472. The van der Waals surface area contributed by atoms with Crippen LogP contribution >= 0.6 is 34.7 Å². The predicted molar refractivity (Wildman–Crippen MR) is 136 cm³/mol. The van der Waals surface area contributed by atoms with Crippen molar-refractivity contribution in [2.24, 2.45) is 0 Å². The van der Waals surface area contributed by atoms with Crippen molar-refractivity contribution in [1.82, 2.24) is 9.88 Å². The summed E-state index contributed by atoms with van der Waals surface area (Å²) in [5, 5.41) is 1.53. The van der Waals surface area contributed by atoms with Gasteiger partial charge in [-0.25, -0.2) is 4.98 Å². The minimum absolute atomic E-state index is 0.128. The van der Waals surface area contributed by atoms with Gasteiger partial charge in [-0.3, -0.25) is 9.69 Å². The molecule has 1 aromatic heterocycles. The van der Waals surface area contributed by atoms with E-state index in [9.17, 15) is 4.79 Å². The third kappa shape index (κ3) is 6.22. The smallest absolute Gasteiger partial charge is 0.229 e. The number of carbonyl (C=O) groups excluding carboxylic acids is 1. The second kappa shape index (κ2) is 11.3. The number of hydrogen-bond acceptors (Lipinski definition) is 5. The number of carbonyl (C=O) groups is 1. The van der Waals surface area contributed by atoms with Gasteiger partial charge in [0, 0.05) is 35.2 Å². The number of halogens is 1. The van der Waals surface area contributed by atoms with Crippen molar-refractivity contribution in [3.8, 4) is 0 Å². The third-order valence-electron chi connectivity index (χ3n) is 5.40. The van der Waals surface area contributed by atoms with Crippen LogP contribution in [0.25, 0.3) is 10.2 Å². The molecule has 0 aliphatic heterocycles. The average Bonchev–Trinajstić information content (AvgIpc) is 3.22. The van der Waals surface area contributed by atoms with Gasteiger partial charge in [-0.1, -0.05) is 48.9 Å². The molecule has 3 aromatic rings. The maximum atomic E-state index is 13.3. The van der Waals surface area contributed by atoms with E-state index in [0.717, 1.165) is 51.5 Å². The molecule has 0 unspecified atom stereocenters. The van der Waals surface area contributed by atoms with E-state index in [0.29, 0.717) is 13.0 Å². The SMILES string of the molecule is CCN(CC)CCN(C(=O)CCSc1ccc(Cl)cc1)c1nc2c(C)ccc(C)c2s1. The van der Waals surface area contributed by atoms with Crippen molar-refractivity contribution >= 4 is 56.0 Å². The zero-order valence-corrected chi connectivity index (χ0v) is 21.0. The Morgan fingerprint density at radius 3 is 2.35 bits per heavy atom.